The number of nitrogens with zero attached hydrogens (tertiary/aromatic N) is 6. The minimum Gasteiger partial charge on any atom is -0.367 e. The number of amides is 1. The van der Waals surface area contributed by atoms with Crippen molar-refractivity contribution in [3.63, 3.8) is 0 Å². The number of fused-ring (bicyclic) bond motifs is 1. The molecule has 4 heterocycles. The van der Waals surface area contributed by atoms with Gasteiger partial charge in [0.25, 0.3) is 5.91 Å². The van der Waals surface area contributed by atoms with Gasteiger partial charge in [0.05, 0.1) is 11.4 Å². The molecule has 0 bridgehead atoms. The molecule has 3 aromatic rings. The average Bonchev–Trinajstić information content (AvgIpc) is 3.12. The van der Waals surface area contributed by atoms with E-state index < -0.39 is 0 Å². The second-order valence-corrected chi connectivity index (χ2v) is 7.90. The number of carbonyl (C=O) groups excluding carboxylic acids is 1. The predicted molar refractivity (Wildman–Crippen MR) is 104 cm³/mol. The lowest BCUT2D eigenvalue weighted by molar-refractivity contribution is 0.0740. The Hall–Kier alpha value is -2.96. The van der Waals surface area contributed by atoms with Crippen LogP contribution in [0.1, 0.15) is 37.0 Å². The van der Waals surface area contributed by atoms with E-state index in [-0.39, 0.29) is 11.3 Å². The first-order valence-corrected chi connectivity index (χ1v) is 9.21. The van der Waals surface area contributed by atoms with Crippen LogP contribution in [0.3, 0.4) is 0 Å². The Labute approximate surface area is 158 Å². The molecule has 1 fully saturated rings. The third kappa shape index (κ3) is 3.49. The smallest absolute Gasteiger partial charge is 0.272 e. The average molecular weight is 364 g/mol. The number of hydrogen-bond donors (Lipinski definition) is 0. The first-order valence-electron chi connectivity index (χ1n) is 9.21. The monoisotopic (exact) mass is 364 g/mol. The van der Waals surface area contributed by atoms with Gasteiger partial charge in [-0.25, -0.2) is 15.0 Å². The van der Waals surface area contributed by atoms with E-state index in [2.05, 4.69) is 64.6 Å². The molecule has 0 aliphatic carbocycles. The van der Waals surface area contributed by atoms with Crippen LogP contribution in [0.5, 0.6) is 0 Å². The summed E-state index contributed by atoms with van der Waals surface area (Å²) in [4.78, 5) is 29.3. The molecule has 4 rings (SSSR count). The number of imidazole rings is 1. The van der Waals surface area contributed by atoms with Gasteiger partial charge in [0.15, 0.2) is 0 Å². The van der Waals surface area contributed by atoms with Gasteiger partial charge < -0.3 is 14.2 Å². The summed E-state index contributed by atoms with van der Waals surface area (Å²) in [7, 11) is 0. The summed E-state index contributed by atoms with van der Waals surface area (Å²) in [6, 6.07) is 5.83. The molecule has 0 unspecified atom stereocenters. The molecular weight excluding hydrogens is 340 g/mol. The van der Waals surface area contributed by atoms with E-state index in [1.807, 2.05) is 4.90 Å². The Kier molecular flexibility index (Phi) is 4.30. The Bertz CT molecular complexity index is 952. The van der Waals surface area contributed by atoms with Crippen LogP contribution in [0.15, 0.2) is 43.1 Å². The molecule has 3 aromatic heterocycles. The zero-order chi connectivity index (χ0) is 19.0. The van der Waals surface area contributed by atoms with Crippen molar-refractivity contribution in [3.05, 3.63) is 54.5 Å². The summed E-state index contributed by atoms with van der Waals surface area (Å²) >= 11 is 0. The van der Waals surface area contributed by atoms with Crippen molar-refractivity contribution in [2.24, 2.45) is 0 Å². The van der Waals surface area contributed by atoms with Gasteiger partial charge in [-0.15, -0.1) is 0 Å². The third-order valence-electron chi connectivity index (χ3n) is 4.94. The zero-order valence-corrected chi connectivity index (χ0v) is 16.0. The molecule has 1 aliphatic heterocycles. The van der Waals surface area contributed by atoms with Crippen molar-refractivity contribution in [2.45, 2.75) is 26.2 Å². The van der Waals surface area contributed by atoms with E-state index in [4.69, 9.17) is 4.98 Å². The summed E-state index contributed by atoms with van der Waals surface area (Å²) in [6.07, 6.45) is 7.24. The van der Waals surface area contributed by atoms with Crippen molar-refractivity contribution < 1.29 is 4.79 Å². The van der Waals surface area contributed by atoms with Gasteiger partial charge in [-0.1, -0.05) is 20.8 Å². The molecule has 7 nitrogen and oxygen atoms in total. The minimum absolute atomic E-state index is 0.0269. The molecule has 1 amide bonds. The van der Waals surface area contributed by atoms with E-state index in [1.54, 1.807) is 12.3 Å². The van der Waals surface area contributed by atoms with Crippen molar-refractivity contribution in [2.75, 3.05) is 31.1 Å². The number of piperazine rings is 1. The van der Waals surface area contributed by atoms with E-state index in [0.717, 1.165) is 30.1 Å². The Balaban J connectivity index is 1.47. The highest BCUT2D eigenvalue weighted by molar-refractivity contribution is 5.92. The molecule has 0 spiro atoms. The van der Waals surface area contributed by atoms with Gasteiger partial charge in [0, 0.05) is 50.2 Å². The maximum Gasteiger partial charge on any atom is 0.272 e. The van der Waals surface area contributed by atoms with Crippen LogP contribution in [-0.2, 0) is 5.41 Å². The molecule has 27 heavy (non-hydrogen) atoms. The number of hydrogen-bond acceptors (Lipinski definition) is 5. The lowest BCUT2D eigenvalue weighted by atomic mass is 9.93. The highest BCUT2D eigenvalue weighted by Gasteiger charge is 2.23. The Morgan fingerprint density at radius 2 is 1.81 bits per heavy atom. The summed E-state index contributed by atoms with van der Waals surface area (Å²) < 4.78 is 2.09. The molecule has 1 saturated heterocycles. The molecule has 7 heteroatoms. The van der Waals surface area contributed by atoms with Crippen molar-refractivity contribution in [1.82, 2.24) is 24.3 Å². The summed E-state index contributed by atoms with van der Waals surface area (Å²) in [5.74, 6) is -0.0306. The number of rotatable bonds is 2. The topological polar surface area (TPSA) is 66.6 Å². The second-order valence-electron chi connectivity index (χ2n) is 7.90. The van der Waals surface area contributed by atoms with Crippen molar-refractivity contribution in [3.8, 4) is 0 Å². The number of pyridine rings is 1. The number of anilines is 1. The fourth-order valence-electron chi connectivity index (χ4n) is 3.28. The van der Waals surface area contributed by atoms with Crippen LogP contribution in [0, 0.1) is 0 Å². The van der Waals surface area contributed by atoms with Crippen molar-refractivity contribution >= 4 is 17.2 Å². The largest absolute Gasteiger partial charge is 0.367 e. The van der Waals surface area contributed by atoms with Crippen LogP contribution >= 0.6 is 0 Å². The van der Waals surface area contributed by atoms with Crippen LogP contribution in [0.2, 0.25) is 0 Å². The molecule has 0 aromatic carbocycles. The molecule has 140 valence electrons. The lowest BCUT2D eigenvalue weighted by Crippen LogP contribution is -2.49. The summed E-state index contributed by atoms with van der Waals surface area (Å²) in [5, 5.41) is 0. The molecular formula is C20H24N6O. The lowest BCUT2D eigenvalue weighted by Gasteiger charge is -2.35. The zero-order valence-electron chi connectivity index (χ0n) is 16.0. The third-order valence-corrected chi connectivity index (χ3v) is 4.94. The highest BCUT2D eigenvalue weighted by Crippen LogP contribution is 2.24. The first kappa shape index (κ1) is 17.5. The van der Waals surface area contributed by atoms with E-state index >= 15 is 0 Å². The predicted octanol–water partition coefficient (Wildman–Crippen LogP) is 2.38. The Morgan fingerprint density at radius 3 is 2.48 bits per heavy atom. The van der Waals surface area contributed by atoms with Crippen molar-refractivity contribution in [1.29, 1.82) is 0 Å². The quantitative estimate of drug-likeness (QED) is 0.698. The maximum atomic E-state index is 12.5. The number of aromatic nitrogens is 4. The van der Waals surface area contributed by atoms with Crippen LogP contribution < -0.4 is 4.90 Å². The van der Waals surface area contributed by atoms with E-state index in [0.29, 0.717) is 18.8 Å². The fourth-order valence-corrected chi connectivity index (χ4v) is 3.28. The highest BCUT2D eigenvalue weighted by atomic mass is 16.2. The molecule has 1 aliphatic rings. The van der Waals surface area contributed by atoms with Crippen LogP contribution in [0.25, 0.3) is 5.65 Å². The van der Waals surface area contributed by atoms with Gasteiger partial charge in [0.1, 0.15) is 17.7 Å². The maximum absolute atomic E-state index is 12.5. The normalized spacial score (nSPS) is 15.4. The SMILES string of the molecule is CC(C)(C)c1cn2cc(N3CCN(C(=O)c4ccncn4)CC3)ccc2n1. The summed E-state index contributed by atoms with van der Waals surface area (Å²) in [6.45, 7) is 9.46. The van der Waals surface area contributed by atoms with Gasteiger partial charge >= 0.3 is 0 Å². The van der Waals surface area contributed by atoms with Crippen LogP contribution in [-0.4, -0.2) is 56.3 Å². The van der Waals surface area contributed by atoms with Crippen LogP contribution in [0.4, 0.5) is 5.69 Å². The fraction of sp³-hybridized carbons (Fsp3) is 0.400. The van der Waals surface area contributed by atoms with Gasteiger partial charge in [0.2, 0.25) is 0 Å². The van der Waals surface area contributed by atoms with E-state index in [1.165, 1.54) is 6.33 Å². The Morgan fingerprint density at radius 1 is 1.04 bits per heavy atom. The summed E-state index contributed by atoms with van der Waals surface area (Å²) in [5.41, 5.74) is 3.67. The minimum atomic E-state index is -0.0306. The molecule has 0 saturated carbocycles. The first-order chi connectivity index (χ1) is 12.9. The standard InChI is InChI=1S/C20H24N6O/c1-20(2,3)17-13-26-12-15(4-5-18(26)23-17)24-8-10-25(11-9-24)19(27)16-6-7-21-14-22-16/h4-7,12-14H,8-11H2,1-3H3. The second kappa shape index (κ2) is 6.64. The van der Waals surface area contributed by atoms with Gasteiger partial charge in [-0.05, 0) is 18.2 Å². The molecule has 0 atom stereocenters. The molecule has 0 N–H and O–H groups in total. The number of carbonyl (C=O) groups is 1. The van der Waals surface area contributed by atoms with Gasteiger partial charge in [-0.3, -0.25) is 4.79 Å². The van der Waals surface area contributed by atoms with E-state index in [9.17, 15) is 4.79 Å². The molecule has 0 radical (unpaired) electrons. The van der Waals surface area contributed by atoms with Gasteiger partial charge in [-0.2, -0.15) is 0 Å².